The molecule has 0 saturated carbocycles. The van der Waals surface area contributed by atoms with E-state index >= 15 is 0 Å². The predicted octanol–water partition coefficient (Wildman–Crippen LogP) is 2.88. The summed E-state index contributed by atoms with van der Waals surface area (Å²) in [6.07, 6.45) is 1.45. The summed E-state index contributed by atoms with van der Waals surface area (Å²) in [7, 11) is 0. The van der Waals surface area contributed by atoms with E-state index in [4.69, 9.17) is 10.2 Å². The lowest BCUT2D eigenvalue weighted by molar-refractivity contribution is 0.0996. The molecular formula is C11H9BrN2O2. The Labute approximate surface area is 101 Å². The van der Waals surface area contributed by atoms with E-state index in [2.05, 4.69) is 21.2 Å². The molecule has 1 heterocycles. The third kappa shape index (κ3) is 2.25. The van der Waals surface area contributed by atoms with Crippen LogP contribution in [0.4, 0.5) is 11.4 Å². The fraction of sp³-hybridized carbons (Fsp3) is 0. The van der Waals surface area contributed by atoms with Gasteiger partial charge in [0.1, 0.15) is 0 Å². The number of hydrogen-bond donors (Lipinski definition) is 2. The van der Waals surface area contributed by atoms with Crippen LogP contribution < -0.4 is 11.1 Å². The van der Waals surface area contributed by atoms with Gasteiger partial charge < -0.3 is 15.5 Å². The Morgan fingerprint density at radius 1 is 1.38 bits per heavy atom. The number of benzene rings is 1. The lowest BCUT2D eigenvalue weighted by Crippen LogP contribution is -2.11. The van der Waals surface area contributed by atoms with Crippen LogP contribution in [-0.4, -0.2) is 5.91 Å². The van der Waals surface area contributed by atoms with Gasteiger partial charge in [-0.25, -0.2) is 0 Å². The Morgan fingerprint density at radius 2 is 2.19 bits per heavy atom. The number of nitrogen functional groups attached to an aromatic ring is 1. The van der Waals surface area contributed by atoms with Gasteiger partial charge in [-0.3, -0.25) is 4.79 Å². The maximum atomic E-state index is 11.7. The smallest absolute Gasteiger partial charge is 0.291 e. The van der Waals surface area contributed by atoms with Gasteiger partial charge in [-0.15, -0.1) is 0 Å². The van der Waals surface area contributed by atoms with Crippen molar-refractivity contribution in [3.05, 3.63) is 46.8 Å². The fourth-order valence-corrected chi connectivity index (χ4v) is 1.72. The highest BCUT2D eigenvalue weighted by Gasteiger charge is 2.10. The van der Waals surface area contributed by atoms with Gasteiger partial charge in [0, 0.05) is 10.2 Å². The van der Waals surface area contributed by atoms with E-state index < -0.39 is 0 Å². The molecule has 1 aromatic heterocycles. The van der Waals surface area contributed by atoms with Crippen molar-refractivity contribution in [1.29, 1.82) is 0 Å². The SMILES string of the molecule is Nc1ccc(NC(=O)c2ccco2)c(Br)c1. The van der Waals surface area contributed by atoms with Gasteiger partial charge in [-0.1, -0.05) is 0 Å². The number of nitrogens with one attached hydrogen (secondary N) is 1. The molecule has 0 aliphatic heterocycles. The Bertz CT molecular complexity index is 509. The second-order valence-electron chi connectivity index (χ2n) is 3.17. The zero-order chi connectivity index (χ0) is 11.5. The Balaban J connectivity index is 2.18. The van der Waals surface area contributed by atoms with Crippen molar-refractivity contribution in [2.24, 2.45) is 0 Å². The Morgan fingerprint density at radius 3 is 2.81 bits per heavy atom. The first-order chi connectivity index (χ1) is 7.66. The third-order valence-corrected chi connectivity index (χ3v) is 2.64. The molecule has 0 fully saturated rings. The van der Waals surface area contributed by atoms with Gasteiger partial charge in [-0.05, 0) is 46.3 Å². The van der Waals surface area contributed by atoms with Crippen LogP contribution in [0.5, 0.6) is 0 Å². The number of anilines is 2. The summed E-state index contributed by atoms with van der Waals surface area (Å²) in [6.45, 7) is 0. The van der Waals surface area contributed by atoms with E-state index in [1.807, 2.05) is 0 Å². The van der Waals surface area contributed by atoms with Gasteiger partial charge >= 0.3 is 0 Å². The topological polar surface area (TPSA) is 68.3 Å². The molecule has 0 aliphatic carbocycles. The predicted molar refractivity (Wildman–Crippen MR) is 65.2 cm³/mol. The van der Waals surface area contributed by atoms with Gasteiger partial charge in [-0.2, -0.15) is 0 Å². The summed E-state index contributed by atoms with van der Waals surface area (Å²) in [5.74, 6) is -0.0285. The summed E-state index contributed by atoms with van der Waals surface area (Å²) < 4.78 is 5.71. The van der Waals surface area contributed by atoms with Crippen LogP contribution in [0.1, 0.15) is 10.6 Å². The molecule has 0 saturated heterocycles. The van der Waals surface area contributed by atoms with Crippen molar-refractivity contribution in [2.75, 3.05) is 11.1 Å². The molecule has 1 aromatic carbocycles. The molecule has 0 unspecified atom stereocenters. The van der Waals surface area contributed by atoms with Crippen LogP contribution in [-0.2, 0) is 0 Å². The average molecular weight is 281 g/mol. The fourth-order valence-electron chi connectivity index (χ4n) is 1.22. The van der Waals surface area contributed by atoms with E-state index in [9.17, 15) is 4.79 Å². The number of carbonyl (C=O) groups is 1. The van der Waals surface area contributed by atoms with Crippen LogP contribution >= 0.6 is 15.9 Å². The lowest BCUT2D eigenvalue weighted by atomic mass is 10.3. The van der Waals surface area contributed by atoms with Gasteiger partial charge in [0.2, 0.25) is 0 Å². The second kappa shape index (κ2) is 4.40. The number of carbonyl (C=O) groups excluding carboxylic acids is 1. The molecule has 2 rings (SSSR count). The van der Waals surface area contributed by atoms with Crippen LogP contribution in [0.3, 0.4) is 0 Å². The summed E-state index contributed by atoms with van der Waals surface area (Å²) in [4.78, 5) is 11.7. The van der Waals surface area contributed by atoms with Gasteiger partial charge in [0.15, 0.2) is 5.76 Å². The third-order valence-electron chi connectivity index (χ3n) is 1.99. The van der Waals surface area contributed by atoms with Crippen LogP contribution in [0.25, 0.3) is 0 Å². The molecule has 1 amide bonds. The van der Waals surface area contributed by atoms with Crippen molar-refractivity contribution in [1.82, 2.24) is 0 Å². The van der Waals surface area contributed by atoms with Crippen LogP contribution in [0.15, 0.2) is 45.5 Å². The quantitative estimate of drug-likeness (QED) is 0.832. The number of halogens is 1. The minimum absolute atomic E-state index is 0.267. The summed E-state index contributed by atoms with van der Waals surface area (Å²) in [5.41, 5.74) is 6.87. The van der Waals surface area contributed by atoms with E-state index in [0.717, 1.165) is 4.47 Å². The van der Waals surface area contributed by atoms with E-state index in [1.54, 1.807) is 30.3 Å². The number of furan rings is 1. The monoisotopic (exact) mass is 280 g/mol. The minimum atomic E-state index is -0.296. The highest BCUT2D eigenvalue weighted by Crippen LogP contribution is 2.25. The first-order valence-electron chi connectivity index (χ1n) is 4.56. The van der Waals surface area contributed by atoms with Crippen molar-refractivity contribution in [2.45, 2.75) is 0 Å². The van der Waals surface area contributed by atoms with Gasteiger partial charge in [0.05, 0.1) is 12.0 Å². The molecule has 82 valence electrons. The largest absolute Gasteiger partial charge is 0.459 e. The first-order valence-corrected chi connectivity index (χ1v) is 5.36. The lowest BCUT2D eigenvalue weighted by Gasteiger charge is -2.06. The molecule has 0 spiro atoms. The molecule has 0 radical (unpaired) electrons. The van der Waals surface area contributed by atoms with Crippen molar-refractivity contribution < 1.29 is 9.21 Å². The minimum Gasteiger partial charge on any atom is -0.459 e. The average Bonchev–Trinajstić information content (AvgIpc) is 2.75. The number of hydrogen-bond acceptors (Lipinski definition) is 3. The highest BCUT2D eigenvalue weighted by atomic mass is 79.9. The van der Waals surface area contributed by atoms with E-state index in [1.165, 1.54) is 6.26 Å². The molecule has 16 heavy (non-hydrogen) atoms. The summed E-state index contributed by atoms with van der Waals surface area (Å²) in [5, 5.41) is 2.70. The normalized spacial score (nSPS) is 10.1. The Kier molecular flexibility index (Phi) is 2.96. The van der Waals surface area contributed by atoms with Crippen LogP contribution in [0, 0.1) is 0 Å². The number of nitrogens with two attached hydrogens (primary N) is 1. The van der Waals surface area contributed by atoms with Crippen molar-refractivity contribution in [3.8, 4) is 0 Å². The zero-order valence-electron chi connectivity index (χ0n) is 8.24. The molecule has 2 aromatic rings. The Hall–Kier alpha value is -1.75. The first kappa shape index (κ1) is 10.8. The molecular weight excluding hydrogens is 272 g/mol. The van der Waals surface area contributed by atoms with Crippen molar-refractivity contribution >= 4 is 33.2 Å². The number of amides is 1. The maximum Gasteiger partial charge on any atom is 0.291 e. The van der Waals surface area contributed by atoms with E-state index in [0.29, 0.717) is 11.4 Å². The standard InChI is InChI=1S/C11H9BrN2O2/c12-8-6-7(13)3-4-9(8)14-11(15)10-2-1-5-16-10/h1-6H,13H2,(H,14,15). The number of rotatable bonds is 2. The van der Waals surface area contributed by atoms with E-state index in [-0.39, 0.29) is 11.7 Å². The summed E-state index contributed by atoms with van der Waals surface area (Å²) >= 11 is 3.31. The summed E-state index contributed by atoms with van der Waals surface area (Å²) in [6, 6.07) is 8.41. The molecule has 0 aliphatic rings. The van der Waals surface area contributed by atoms with Gasteiger partial charge in [0.25, 0.3) is 5.91 Å². The highest BCUT2D eigenvalue weighted by molar-refractivity contribution is 9.10. The van der Waals surface area contributed by atoms with Crippen molar-refractivity contribution in [3.63, 3.8) is 0 Å². The molecule has 4 nitrogen and oxygen atoms in total. The molecule has 5 heteroatoms. The molecule has 0 atom stereocenters. The second-order valence-corrected chi connectivity index (χ2v) is 4.03. The van der Waals surface area contributed by atoms with Crippen LogP contribution in [0.2, 0.25) is 0 Å². The molecule has 0 bridgehead atoms. The maximum absolute atomic E-state index is 11.7. The zero-order valence-corrected chi connectivity index (χ0v) is 9.82. The molecule has 3 N–H and O–H groups in total.